The number of hydrogen-bond acceptors (Lipinski definition) is 4. The summed E-state index contributed by atoms with van der Waals surface area (Å²) in [4.78, 5) is 21.8. The van der Waals surface area contributed by atoms with Gasteiger partial charge in [-0.1, -0.05) is 25.5 Å². The minimum atomic E-state index is -0.349. The Labute approximate surface area is 90.5 Å². The quantitative estimate of drug-likeness (QED) is 0.486. The second kappa shape index (κ2) is 9.40. The molecule has 0 amide bonds. The van der Waals surface area contributed by atoms with Gasteiger partial charge in [0.2, 0.25) is 0 Å². The van der Waals surface area contributed by atoms with Crippen LogP contribution in [0.3, 0.4) is 0 Å². The summed E-state index contributed by atoms with van der Waals surface area (Å²) in [5, 5.41) is 0. The van der Waals surface area contributed by atoms with Crippen molar-refractivity contribution in [3.8, 4) is 0 Å². The van der Waals surface area contributed by atoms with E-state index in [1.807, 2.05) is 12.2 Å². The van der Waals surface area contributed by atoms with Crippen LogP contribution in [-0.2, 0) is 14.3 Å². The van der Waals surface area contributed by atoms with Crippen molar-refractivity contribution >= 4 is 11.8 Å². The molecule has 0 aliphatic heterocycles. The minimum absolute atomic E-state index is 0.0102. The third-order valence-electron chi connectivity index (χ3n) is 1.80. The average Bonchev–Trinajstić information content (AvgIpc) is 2.25. The van der Waals surface area contributed by atoms with Crippen LogP contribution in [-0.4, -0.2) is 24.9 Å². The smallest absolute Gasteiger partial charge is 0.306 e. The number of esters is 1. The monoisotopic (exact) mass is 213 g/mol. The van der Waals surface area contributed by atoms with Gasteiger partial charge in [-0.3, -0.25) is 9.59 Å². The van der Waals surface area contributed by atoms with E-state index in [2.05, 4.69) is 6.92 Å². The lowest BCUT2D eigenvalue weighted by molar-refractivity contribution is -0.143. The number of ketones is 1. The molecule has 0 aromatic rings. The number of hydrogen-bond donors (Lipinski definition) is 1. The van der Waals surface area contributed by atoms with Gasteiger partial charge in [0.1, 0.15) is 12.4 Å². The van der Waals surface area contributed by atoms with Crippen molar-refractivity contribution in [1.29, 1.82) is 0 Å². The Morgan fingerprint density at radius 1 is 1.27 bits per heavy atom. The molecule has 2 N–H and O–H groups in total. The van der Waals surface area contributed by atoms with Gasteiger partial charge in [0.25, 0.3) is 0 Å². The first-order chi connectivity index (χ1) is 7.20. The Kier molecular flexibility index (Phi) is 8.67. The topological polar surface area (TPSA) is 69.4 Å². The van der Waals surface area contributed by atoms with Crippen LogP contribution in [0.15, 0.2) is 12.2 Å². The van der Waals surface area contributed by atoms with Crippen molar-refractivity contribution < 1.29 is 14.3 Å². The minimum Gasteiger partial charge on any atom is -0.461 e. The molecule has 4 heteroatoms. The molecule has 0 unspecified atom stereocenters. The maximum absolute atomic E-state index is 11.0. The van der Waals surface area contributed by atoms with Crippen molar-refractivity contribution in [2.75, 3.05) is 13.2 Å². The summed E-state index contributed by atoms with van der Waals surface area (Å²) in [5.41, 5.74) is 5.10. The Morgan fingerprint density at radius 3 is 2.60 bits per heavy atom. The summed E-state index contributed by atoms with van der Waals surface area (Å²) in [6.45, 7) is 2.36. The zero-order valence-electron chi connectivity index (χ0n) is 9.20. The molecule has 0 aliphatic carbocycles. The number of carbonyl (C=O) groups is 2. The van der Waals surface area contributed by atoms with Crippen LogP contribution in [0.5, 0.6) is 0 Å². The van der Waals surface area contributed by atoms with Crippen LogP contribution >= 0.6 is 0 Å². The largest absolute Gasteiger partial charge is 0.461 e. The van der Waals surface area contributed by atoms with E-state index in [0.29, 0.717) is 0 Å². The van der Waals surface area contributed by atoms with Gasteiger partial charge in [-0.25, -0.2) is 0 Å². The SMILES string of the molecule is CCC/C=C/COC(=O)CCC(=O)CN. The van der Waals surface area contributed by atoms with Gasteiger partial charge in [-0.15, -0.1) is 0 Å². The Morgan fingerprint density at radius 2 is 2.00 bits per heavy atom. The second-order valence-corrected chi connectivity index (χ2v) is 3.19. The van der Waals surface area contributed by atoms with E-state index in [0.717, 1.165) is 12.8 Å². The Hall–Kier alpha value is -1.16. The van der Waals surface area contributed by atoms with Crippen LogP contribution < -0.4 is 5.73 Å². The van der Waals surface area contributed by atoms with Gasteiger partial charge in [-0.05, 0) is 6.42 Å². The molecule has 0 radical (unpaired) electrons. The predicted octanol–water partition coefficient (Wildman–Crippen LogP) is 1.19. The molecule has 86 valence electrons. The fourth-order valence-corrected chi connectivity index (χ4v) is 0.909. The Balaban J connectivity index is 3.45. The van der Waals surface area contributed by atoms with Gasteiger partial charge in [0.05, 0.1) is 13.0 Å². The number of unbranched alkanes of at least 4 members (excludes halogenated alkanes) is 1. The highest BCUT2D eigenvalue weighted by Gasteiger charge is 2.05. The van der Waals surface area contributed by atoms with E-state index in [1.165, 1.54) is 0 Å². The molecule has 0 aromatic carbocycles. The highest BCUT2D eigenvalue weighted by molar-refractivity contribution is 5.84. The van der Waals surface area contributed by atoms with Crippen molar-refractivity contribution in [2.45, 2.75) is 32.6 Å². The number of Topliss-reactive ketones (excluding diaryl/α,β-unsaturated/α-hetero) is 1. The van der Waals surface area contributed by atoms with Gasteiger partial charge in [0, 0.05) is 6.42 Å². The molecule has 4 nitrogen and oxygen atoms in total. The van der Waals surface area contributed by atoms with Crippen molar-refractivity contribution in [2.24, 2.45) is 5.73 Å². The zero-order chi connectivity index (χ0) is 11.5. The molecule has 0 rings (SSSR count). The first-order valence-corrected chi connectivity index (χ1v) is 5.23. The van der Waals surface area contributed by atoms with Gasteiger partial charge >= 0.3 is 5.97 Å². The molecule has 0 atom stereocenters. The van der Waals surface area contributed by atoms with Crippen molar-refractivity contribution in [3.05, 3.63) is 12.2 Å². The first kappa shape index (κ1) is 13.8. The highest BCUT2D eigenvalue weighted by Crippen LogP contribution is 1.95. The molecule has 0 heterocycles. The molecule has 0 saturated heterocycles. The van der Waals surface area contributed by atoms with Crippen LogP contribution in [0.4, 0.5) is 0 Å². The summed E-state index contributed by atoms with van der Waals surface area (Å²) in [6, 6.07) is 0. The van der Waals surface area contributed by atoms with Gasteiger partial charge in [0.15, 0.2) is 0 Å². The van der Waals surface area contributed by atoms with Crippen LogP contribution in [0.1, 0.15) is 32.6 Å². The van der Waals surface area contributed by atoms with Gasteiger partial charge in [-0.2, -0.15) is 0 Å². The molecule has 0 aromatic heterocycles. The third-order valence-corrected chi connectivity index (χ3v) is 1.80. The highest BCUT2D eigenvalue weighted by atomic mass is 16.5. The van der Waals surface area contributed by atoms with E-state index >= 15 is 0 Å². The number of ether oxygens (including phenoxy) is 1. The molecule has 0 bridgehead atoms. The molecule has 15 heavy (non-hydrogen) atoms. The van der Waals surface area contributed by atoms with Crippen LogP contribution in [0.25, 0.3) is 0 Å². The fraction of sp³-hybridized carbons (Fsp3) is 0.636. The van der Waals surface area contributed by atoms with E-state index in [1.54, 1.807) is 0 Å². The predicted molar refractivity (Wildman–Crippen MR) is 58.3 cm³/mol. The lowest BCUT2D eigenvalue weighted by atomic mass is 10.2. The van der Waals surface area contributed by atoms with E-state index in [9.17, 15) is 9.59 Å². The number of allylic oxidation sites excluding steroid dienone is 1. The number of rotatable bonds is 8. The number of carbonyl (C=O) groups excluding carboxylic acids is 2. The maximum atomic E-state index is 11.0. The van der Waals surface area contributed by atoms with Gasteiger partial charge < -0.3 is 10.5 Å². The van der Waals surface area contributed by atoms with Crippen LogP contribution in [0, 0.1) is 0 Å². The molecular weight excluding hydrogens is 194 g/mol. The second-order valence-electron chi connectivity index (χ2n) is 3.19. The van der Waals surface area contributed by atoms with E-state index in [-0.39, 0.29) is 37.7 Å². The molecule has 0 saturated carbocycles. The third kappa shape index (κ3) is 9.15. The summed E-state index contributed by atoms with van der Waals surface area (Å²) < 4.78 is 4.86. The summed E-state index contributed by atoms with van der Waals surface area (Å²) >= 11 is 0. The van der Waals surface area contributed by atoms with Crippen molar-refractivity contribution in [1.82, 2.24) is 0 Å². The maximum Gasteiger partial charge on any atom is 0.306 e. The summed E-state index contributed by atoms with van der Waals surface area (Å²) in [5.74, 6) is -0.466. The Bertz CT molecular complexity index is 224. The summed E-state index contributed by atoms with van der Waals surface area (Å²) in [6.07, 6.45) is 6.15. The fourth-order valence-electron chi connectivity index (χ4n) is 0.909. The van der Waals surface area contributed by atoms with E-state index < -0.39 is 0 Å². The molecule has 0 spiro atoms. The molecular formula is C11H19NO3. The van der Waals surface area contributed by atoms with E-state index in [4.69, 9.17) is 10.5 Å². The van der Waals surface area contributed by atoms with Crippen molar-refractivity contribution in [3.63, 3.8) is 0 Å². The average molecular weight is 213 g/mol. The summed E-state index contributed by atoms with van der Waals surface area (Å²) in [7, 11) is 0. The lowest BCUT2D eigenvalue weighted by Crippen LogP contribution is -2.15. The molecule has 0 aliphatic rings. The zero-order valence-corrected chi connectivity index (χ0v) is 9.20. The first-order valence-electron chi connectivity index (χ1n) is 5.23. The normalized spacial score (nSPS) is 10.5. The lowest BCUT2D eigenvalue weighted by Gasteiger charge is -2.00. The standard InChI is InChI=1S/C11H19NO3/c1-2-3-4-5-8-15-11(14)7-6-10(13)9-12/h4-5H,2-3,6-9,12H2,1H3/b5-4+. The van der Waals surface area contributed by atoms with Crippen LogP contribution in [0.2, 0.25) is 0 Å². The number of nitrogens with two attached hydrogens (primary N) is 1. The molecule has 0 fully saturated rings.